The molecule has 0 bridgehead atoms. The van der Waals surface area contributed by atoms with Crippen LogP contribution in [0.15, 0.2) is 12.2 Å². The minimum Gasteiger partial charge on any atom is -0.337 e. The van der Waals surface area contributed by atoms with Crippen LogP contribution in [0.4, 0.5) is 0 Å². The van der Waals surface area contributed by atoms with Crippen LogP contribution in [0.3, 0.4) is 0 Å². The van der Waals surface area contributed by atoms with Crippen LogP contribution in [-0.4, -0.2) is 41.3 Å². The van der Waals surface area contributed by atoms with E-state index in [4.69, 9.17) is 0 Å². The fourth-order valence-electron chi connectivity index (χ4n) is 0.638. The number of likely N-dealkylation sites (N-methyl/N-ethyl adjacent to an activating group) is 2. The van der Waals surface area contributed by atoms with Crippen molar-refractivity contribution in [1.82, 2.24) is 0 Å². The summed E-state index contributed by atoms with van der Waals surface area (Å²) >= 11 is 0. The molecule has 0 radical (unpaired) electrons. The van der Waals surface area contributed by atoms with E-state index in [0.29, 0.717) is 0 Å². The SMILES string of the molecule is C[NH+](C)CC=CC[NH+](C)C. The van der Waals surface area contributed by atoms with E-state index >= 15 is 0 Å². The Balaban J connectivity index is 3.20. The Bertz CT molecular complexity index is 83.4. The second-order valence-corrected chi connectivity index (χ2v) is 3.29. The highest BCUT2D eigenvalue weighted by Gasteiger charge is 1.87. The van der Waals surface area contributed by atoms with E-state index in [1.165, 1.54) is 9.80 Å². The smallest absolute Gasteiger partial charge is 0.0956 e. The van der Waals surface area contributed by atoms with Crippen molar-refractivity contribution in [1.29, 1.82) is 0 Å². The van der Waals surface area contributed by atoms with Crippen molar-refractivity contribution in [2.24, 2.45) is 0 Å². The normalized spacial score (nSPS) is 12.2. The molecule has 2 heteroatoms. The molecule has 60 valence electrons. The first-order valence-corrected chi connectivity index (χ1v) is 3.86. The Morgan fingerprint density at radius 2 is 1.10 bits per heavy atom. The molecule has 0 aliphatic heterocycles. The summed E-state index contributed by atoms with van der Waals surface area (Å²) in [6.45, 7) is 2.26. The number of hydrogen-bond acceptors (Lipinski definition) is 0. The van der Waals surface area contributed by atoms with Crippen molar-refractivity contribution in [2.45, 2.75) is 0 Å². The third-order valence-electron chi connectivity index (χ3n) is 1.22. The molecule has 0 aromatic carbocycles. The maximum atomic E-state index is 2.24. The lowest BCUT2D eigenvalue weighted by Crippen LogP contribution is -3.06. The summed E-state index contributed by atoms with van der Waals surface area (Å²) in [6.07, 6.45) is 4.48. The first-order valence-electron chi connectivity index (χ1n) is 3.86. The largest absolute Gasteiger partial charge is 0.337 e. The highest BCUT2D eigenvalue weighted by atomic mass is 15.1. The number of hydrogen-bond donors (Lipinski definition) is 2. The van der Waals surface area contributed by atoms with Gasteiger partial charge in [-0.15, -0.1) is 0 Å². The Morgan fingerprint density at radius 1 is 0.800 bits per heavy atom. The molecule has 10 heavy (non-hydrogen) atoms. The van der Waals surface area contributed by atoms with Crippen LogP contribution in [0.5, 0.6) is 0 Å². The molecule has 0 fully saturated rings. The topological polar surface area (TPSA) is 8.88 Å². The lowest BCUT2D eigenvalue weighted by atomic mass is 10.4. The van der Waals surface area contributed by atoms with Gasteiger partial charge in [-0.1, -0.05) is 0 Å². The zero-order valence-corrected chi connectivity index (χ0v) is 7.57. The highest BCUT2D eigenvalue weighted by molar-refractivity contribution is 4.79. The number of quaternary nitrogens is 2. The van der Waals surface area contributed by atoms with Gasteiger partial charge >= 0.3 is 0 Å². The molecule has 0 saturated carbocycles. The van der Waals surface area contributed by atoms with E-state index in [9.17, 15) is 0 Å². The van der Waals surface area contributed by atoms with Crippen molar-refractivity contribution in [2.75, 3.05) is 41.3 Å². The van der Waals surface area contributed by atoms with Crippen LogP contribution in [0.25, 0.3) is 0 Å². The van der Waals surface area contributed by atoms with Gasteiger partial charge in [-0.3, -0.25) is 0 Å². The van der Waals surface area contributed by atoms with Crippen LogP contribution in [0.2, 0.25) is 0 Å². The van der Waals surface area contributed by atoms with E-state index in [1.807, 2.05) is 0 Å². The summed E-state index contributed by atoms with van der Waals surface area (Å²) in [6, 6.07) is 0. The van der Waals surface area contributed by atoms with Crippen LogP contribution in [0.1, 0.15) is 0 Å². The van der Waals surface area contributed by atoms with Crippen molar-refractivity contribution in [3.05, 3.63) is 12.2 Å². The van der Waals surface area contributed by atoms with Crippen LogP contribution >= 0.6 is 0 Å². The van der Waals surface area contributed by atoms with Gasteiger partial charge in [0.15, 0.2) is 0 Å². The molecule has 0 unspecified atom stereocenters. The van der Waals surface area contributed by atoms with E-state index in [-0.39, 0.29) is 0 Å². The highest BCUT2D eigenvalue weighted by Crippen LogP contribution is 1.59. The van der Waals surface area contributed by atoms with Crippen molar-refractivity contribution in [3.63, 3.8) is 0 Å². The minimum atomic E-state index is 1.13. The first kappa shape index (κ1) is 9.66. The average Bonchev–Trinajstić information content (AvgIpc) is 1.79. The molecule has 0 saturated heterocycles. The Kier molecular flexibility index (Phi) is 5.26. The van der Waals surface area contributed by atoms with Crippen molar-refractivity contribution in [3.8, 4) is 0 Å². The monoisotopic (exact) mass is 144 g/mol. The molecule has 0 rings (SSSR count). The maximum Gasteiger partial charge on any atom is 0.0956 e. The van der Waals surface area contributed by atoms with Gasteiger partial charge in [0.1, 0.15) is 0 Å². The Morgan fingerprint density at radius 3 is 1.30 bits per heavy atom. The fraction of sp³-hybridized carbons (Fsp3) is 0.750. The standard InChI is InChI=1S/C8H18N2/c1-9(2)7-5-6-8-10(3)4/h5-6H,7-8H2,1-4H3/p+2. The van der Waals surface area contributed by atoms with Gasteiger partial charge in [-0.05, 0) is 12.2 Å². The summed E-state index contributed by atoms with van der Waals surface area (Å²) in [5.41, 5.74) is 0. The molecular weight excluding hydrogens is 124 g/mol. The predicted molar refractivity (Wildman–Crippen MR) is 44.5 cm³/mol. The van der Waals surface area contributed by atoms with Gasteiger partial charge in [-0.25, -0.2) is 0 Å². The maximum absolute atomic E-state index is 2.24. The van der Waals surface area contributed by atoms with E-state index in [1.54, 1.807) is 0 Å². The zero-order chi connectivity index (χ0) is 7.98. The molecule has 0 amide bonds. The lowest BCUT2D eigenvalue weighted by molar-refractivity contribution is -0.854. The second-order valence-electron chi connectivity index (χ2n) is 3.29. The molecule has 0 aliphatic carbocycles. The molecule has 0 heterocycles. The van der Waals surface area contributed by atoms with Crippen LogP contribution in [-0.2, 0) is 0 Å². The molecule has 0 spiro atoms. The first-order chi connectivity index (χ1) is 4.63. The van der Waals surface area contributed by atoms with Crippen LogP contribution < -0.4 is 9.80 Å². The Labute approximate surface area is 64.1 Å². The number of rotatable bonds is 4. The van der Waals surface area contributed by atoms with Gasteiger partial charge in [0.05, 0.1) is 41.3 Å². The molecule has 0 aromatic heterocycles. The van der Waals surface area contributed by atoms with Crippen molar-refractivity contribution >= 4 is 0 Å². The minimum absolute atomic E-state index is 1.13. The van der Waals surface area contributed by atoms with Crippen molar-refractivity contribution < 1.29 is 9.80 Å². The van der Waals surface area contributed by atoms with Crippen LogP contribution in [0, 0.1) is 0 Å². The summed E-state index contributed by atoms with van der Waals surface area (Å²) in [5.74, 6) is 0. The predicted octanol–water partition coefficient (Wildman–Crippen LogP) is -2.17. The van der Waals surface area contributed by atoms with E-state index in [2.05, 4.69) is 40.3 Å². The van der Waals surface area contributed by atoms with Gasteiger partial charge in [-0.2, -0.15) is 0 Å². The van der Waals surface area contributed by atoms with Gasteiger partial charge < -0.3 is 9.80 Å². The quantitative estimate of drug-likeness (QED) is 0.416. The second kappa shape index (κ2) is 5.45. The summed E-state index contributed by atoms with van der Waals surface area (Å²) in [5, 5.41) is 0. The van der Waals surface area contributed by atoms with E-state index in [0.717, 1.165) is 13.1 Å². The lowest BCUT2D eigenvalue weighted by Gasteiger charge is -2.03. The summed E-state index contributed by atoms with van der Waals surface area (Å²) in [4.78, 5) is 2.95. The molecule has 0 aliphatic rings. The molecule has 2 N–H and O–H groups in total. The average molecular weight is 144 g/mol. The summed E-state index contributed by atoms with van der Waals surface area (Å²) < 4.78 is 0. The molecule has 0 atom stereocenters. The van der Waals surface area contributed by atoms with Gasteiger partial charge in [0, 0.05) is 0 Å². The van der Waals surface area contributed by atoms with E-state index < -0.39 is 0 Å². The fourth-order valence-corrected chi connectivity index (χ4v) is 0.638. The third-order valence-corrected chi connectivity index (χ3v) is 1.22. The van der Waals surface area contributed by atoms with Gasteiger partial charge in [0.25, 0.3) is 0 Å². The summed E-state index contributed by atoms with van der Waals surface area (Å²) in [7, 11) is 8.64. The number of nitrogens with one attached hydrogen (secondary N) is 2. The molecule has 0 aromatic rings. The Hall–Kier alpha value is -0.340. The third kappa shape index (κ3) is 7.66. The molecule has 2 nitrogen and oxygen atoms in total. The zero-order valence-electron chi connectivity index (χ0n) is 7.57. The van der Waals surface area contributed by atoms with Gasteiger partial charge in [0.2, 0.25) is 0 Å². The molecular formula is C8H20N2+2.